The zero-order valence-electron chi connectivity index (χ0n) is 26.1. The van der Waals surface area contributed by atoms with E-state index >= 15 is 0 Å². The van der Waals surface area contributed by atoms with Gasteiger partial charge < -0.3 is 9.47 Å². The molecular formula is C37H52FNO3. The van der Waals surface area contributed by atoms with Gasteiger partial charge in [0.05, 0.1) is 12.2 Å². The number of carbonyl (C=O) groups excluding carboxylic acids is 1. The third-order valence-electron chi connectivity index (χ3n) is 8.63. The number of ether oxygens (including phenoxy) is 2. The van der Waals surface area contributed by atoms with Crippen LogP contribution >= 0.6 is 0 Å². The van der Waals surface area contributed by atoms with Crippen LogP contribution < -0.4 is 4.74 Å². The first-order valence-corrected chi connectivity index (χ1v) is 16.6. The number of aryl methyl sites for hydroxylation is 1. The Morgan fingerprint density at radius 3 is 2.19 bits per heavy atom. The smallest absolute Gasteiger partial charge is 0.340 e. The lowest BCUT2D eigenvalue weighted by Crippen LogP contribution is -2.29. The van der Waals surface area contributed by atoms with Gasteiger partial charge in [-0.3, -0.25) is 0 Å². The summed E-state index contributed by atoms with van der Waals surface area (Å²) in [6, 6.07) is 16.8. The first-order valence-electron chi connectivity index (χ1n) is 16.6. The zero-order valence-corrected chi connectivity index (χ0v) is 26.1. The fraction of sp³-hybridized carbons (Fsp3) is 0.622. The highest BCUT2D eigenvalue weighted by Gasteiger charge is 2.27. The second kappa shape index (κ2) is 19.3. The number of unbranched alkanes of at least 4 members (excludes halogenated alkanes) is 8. The number of hydrogen-bond acceptors (Lipinski definition) is 4. The van der Waals surface area contributed by atoms with Crippen molar-refractivity contribution in [2.24, 2.45) is 5.92 Å². The van der Waals surface area contributed by atoms with Crippen molar-refractivity contribution < 1.29 is 18.7 Å². The van der Waals surface area contributed by atoms with Gasteiger partial charge in [0.15, 0.2) is 6.17 Å². The number of nitrogens with zero attached hydrogens (tertiary/aromatic N) is 1. The standard InChI is InChI=1S/C37H52FNO3/c1-3-5-7-8-9-10-11-12-26-41-36-25-22-32(27-33(36)28-39)31-20-16-29(17-21-31)14-15-30-18-23-34(24-19-30)42-37(40)35(38)13-6-4-2/h16-17,20-22,25,27,30,34-35H,3-15,18-19,23-24,26H2,1-2H3/t30?,34?,35-/m0/s1. The van der Waals surface area contributed by atoms with Crippen molar-refractivity contribution >= 4 is 5.97 Å². The minimum absolute atomic E-state index is 0.131. The van der Waals surface area contributed by atoms with E-state index in [0.717, 1.165) is 62.5 Å². The Hall–Kier alpha value is -2.87. The molecule has 0 unspecified atom stereocenters. The van der Waals surface area contributed by atoms with Crippen LogP contribution in [0.4, 0.5) is 4.39 Å². The van der Waals surface area contributed by atoms with E-state index in [9.17, 15) is 14.4 Å². The molecule has 0 spiro atoms. The summed E-state index contributed by atoms with van der Waals surface area (Å²) in [4.78, 5) is 12.0. The van der Waals surface area contributed by atoms with Gasteiger partial charge in [0.2, 0.25) is 0 Å². The van der Waals surface area contributed by atoms with Gasteiger partial charge in [-0.05, 0) is 86.1 Å². The van der Waals surface area contributed by atoms with Gasteiger partial charge in [0, 0.05) is 0 Å². The van der Waals surface area contributed by atoms with Crippen LogP contribution in [-0.4, -0.2) is 24.9 Å². The molecule has 2 aromatic carbocycles. The maximum absolute atomic E-state index is 13.9. The summed E-state index contributed by atoms with van der Waals surface area (Å²) in [7, 11) is 0. The number of nitriles is 1. The third-order valence-corrected chi connectivity index (χ3v) is 8.63. The van der Waals surface area contributed by atoms with Gasteiger partial charge in [-0.15, -0.1) is 0 Å². The van der Waals surface area contributed by atoms with E-state index in [-0.39, 0.29) is 12.5 Å². The molecule has 0 radical (unpaired) electrons. The van der Waals surface area contributed by atoms with E-state index in [4.69, 9.17) is 9.47 Å². The molecule has 1 aliphatic carbocycles. The molecule has 0 N–H and O–H groups in total. The lowest BCUT2D eigenvalue weighted by molar-refractivity contribution is -0.157. The lowest BCUT2D eigenvalue weighted by Gasteiger charge is -2.28. The number of carbonyl (C=O) groups is 1. The number of halogens is 1. The number of alkyl halides is 1. The van der Waals surface area contributed by atoms with Crippen LogP contribution in [0.25, 0.3) is 11.1 Å². The largest absolute Gasteiger partial charge is 0.492 e. The summed E-state index contributed by atoms with van der Waals surface area (Å²) < 4.78 is 25.3. The average Bonchev–Trinajstić information content (AvgIpc) is 3.02. The van der Waals surface area contributed by atoms with Gasteiger partial charge in [-0.25, -0.2) is 9.18 Å². The maximum Gasteiger partial charge on any atom is 0.340 e. The summed E-state index contributed by atoms with van der Waals surface area (Å²) in [5.41, 5.74) is 4.00. The quantitative estimate of drug-likeness (QED) is 0.123. The van der Waals surface area contributed by atoms with E-state index in [1.54, 1.807) is 0 Å². The normalized spacial score (nSPS) is 17.4. The molecule has 2 aromatic rings. The van der Waals surface area contributed by atoms with Gasteiger partial charge in [0.1, 0.15) is 17.9 Å². The summed E-state index contributed by atoms with van der Waals surface area (Å²) in [5, 5.41) is 9.71. The number of benzene rings is 2. The first kappa shape index (κ1) is 33.6. The van der Waals surface area contributed by atoms with E-state index < -0.39 is 12.1 Å². The van der Waals surface area contributed by atoms with Crippen molar-refractivity contribution in [3.8, 4) is 22.9 Å². The van der Waals surface area contributed by atoms with Crippen molar-refractivity contribution in [1.82, 2.24) is 0 Å². The molecule has 1 atom stereocenters. The Bertz CT molecular complexity index is 1090. The van der Waals surface area contributed by atoms with Crippen molar-refractivity contribution in [2.75, 3.05) is 6.61 Å². The molecule has 42 heavy (non-hydrogen) atoms. The van der Waals surface area contributed by atoms with Crippen molar-refractivity contribution in [2.45, 2.75) is 135 Å². The molecular weight excluding hydrogens is 525 g/mol. The number of esters is 1. The van der Waals surface area contributed by atoms with Crippen LogP contribution in [0.3, 0.4) is 0 Å². The Morgan fingerprint density at radius 2 is 1.52 bits per heavy atom. The van der Waals surface area contributed by atoms with Crippen LogP contribution in [0.5, 0.6) is 5.75 Å². The average molecular weight is 578 g/mol. The Labute approximate surface area is 254 Å². The molecule has 0 aromatic heterocycles. The highest BCUT2D eigenvalue weighted by atomic mass is 19.1. The lowest BCUT2D eigenvalue weighted by atomic mass is 9.83. The molecule has 5 heteroatoms. The second-order valence-electron chi connectivity index (χ2n) is 12.1. The predicted octanol–water partition coefficient (Wildman–Crippen LogP) is 10.3. The molecule has 0 aliphatic heterocycles. The van der Waals surface area contributed by atoms with Crippen LogP contribution in [0.15, 0.2) is 42.5 Å². The van der Waals surface area contributed by atoms with E-state index in [1.807, 2.05) is 25.1 Å². The summed E-state index contributed by atoms with van der Waals surface area (Å²) in [6.45, 7) is 4.89. The Morgan fingerprint density at radius 1 is 0.881 bits per heavy atom. The highest BCUT2D eigenvalue weighted by Crippen LogP contribution is 2.31. The summed E-state index contributed by atoms with van der Waals surface area (Å²) in [6.07, 6.45) is 16.1. The van der Waals surface area contributed by atoms with Crippen molar-refractivity contribution in [1.29, 1.82) is 5.26 Å². The monoisotopic (exact) mass is 577 g/mol. The van der Waals surface area contributed by atoms with Gasteiger partial charge >= 0.3 is 5.97 Å². The van der Waals surface area contributed by atoms with Gasteiger partial charge in [-0.2, -0.15) is 5.26 Å². The maximum atomic E-state index is 13.9. The van der Waals surface area contributed by atoms with Crippen LogP contribution in [0, 0.1) is 17.2 Å². The molecule has 1 aliphatic rings. The SMILES string of the molecule is CCCCCCCCCCOc1ccc(-c2ccc(CCC3CCC(OC(=O)[C@@H](F)CCCC)CC3)cc2)cc1C#N. The van der Waals surface area contributed by atoms with Crippen molar-refractivity contribution in [3.05, 3.63) is 53.6 Å². The van der Waals surface area contributed by atoms with Crippen LogP contribution in [0.1, 0.15) is 128 Å². The van der Waals surface area contributed by atoms with Gasteiger partial charge in [-0.1, -0.05) is 102 Å². The fourth-order valence-corrected chi connectivity index (χ4v) is 5.85. The molecule has 0 heterocycles. The number of rotatable bonds is 19. The molecule has 4 nitrogen and oxygen atoms in total. The van der Waals surface area contributed by atoms with Crippen molar-refractivity contribution in [3.63, 3.8) is 0 Å². The topological polar surface area (TPSA) is 59.3 Å². The molecule has 0 bridgehead atoms. The first-order chi connectivity index (χ1) is 20.5. The molecule has 3 rings (SSSR count). The van der Waals surface area contributed by atoms with Crippen LogP contribution in [0.2, 0.25) is 0 Å². The van der Waals surface area contributed by atoms with Crippen LogP contribution in [-0.2, 0) is 16.0 Å². The molecule has 1 saturated carbocycles. The fourth-order valence-electron chi connectivity index (χ4n) is 5.85. The van der Waals surface area contributed by atoms with E-state index in [1.165, 1.54) is 50.5 Å². The molecule has 0 saturated heterocycles. The minimum Gasteiger partial charge on any atom is -0.492 e. The second-order valence-corrected chi connectivity index (χ2v) is 12.1. The Balaban J connectivity index is 1.38. The summed E-state index contributed by atoms with van der Waals surface area (Å²) in [5.74, 6) is 0.610. The molecule has 1 fully saturated rings. The predicted molar refractivity (Wildman–Crippen MR) is 169 cm³/mol. The summed E-state index contributed by atoms with van der Waals surface area (Å²) >= 11 is 0. The number of hydrogen-bond donors (Lipinski definition) is 0. The minimum atomic E-state index is -1.48. The van der Waals surface area contributed by atoms with Gasteiger partial charge in [0.25, 0.3) is 0 Å². The molecule has 230 valence electrons. The third kappa shape index (κ3) is 11.8. The Kier molecular flexibility index (Phi) is 15.5. The molecule has 0 amide bonds. The van der Waals surface area contributed by atoms with E-state index in [0.29, 0.717) is 30.3 Å². The van der Waals surface area contributed by atoms with E-state index in [2.05, 4.69) is 37.3 Å². The highest BCUT2D eigenvalue weighted by molar-refractivity contribution is 5.74. The zero-order chi connectivity index (χ0) is 30.0.